The van der Waals surface area contributed by atoms with Gasteiger partial charge in [0.05, 0.1) is 12.7 Å². The number of benzene rings is 1. The SMILES string of the molecule is COC(=O)c1ccccc1CNCCN(C(C)C)C(C)C. The number of nitrogens with one attached hydrogen (secondary N) is 1. The van der Waals surface area contributed by atoms with Gasteiger partial charge in [-0.1, -0.05) is 18.2 Å². The average molecular weight is 292 g/mol. The molecule has 21 heavy (non-hydrogen) atoms. The van der Waals surface area contributed by atoms with E-state index in [1.807, 2.05) is 18.2 Å². The molecule has 0 fully saturated rings. The van der Waals surface area contributed by atoms with Gasteiger partial charge in [0.2, 0.25) is 0 Å². The van der Waals surface area contributed by atoms with Gasteiger partial charge in [-0.15, -0.1) is 0 Å². The van der Waals surface area contributed by atoms with Crippen LogP contribution in [0.2, 0.25) is 0 Å². The predicted molar refractivity (Wildman–Crippen MR) is 86.5 cm³/mol. The van der Waals surface area contributed by atoms with E-state index in [-0.39, 0.29) is 5.97 Å². The first kappa shape index (κ1) is 17.7. The van der Waals surface area contributed by atoms with Gasteiger partial charge in [-0.05, 0) is 39.3 Å². The Morgan fingerprint density at radius 3 is 2.38 bits per heavy atom. The summed E-state index contributed by atoms with van der Waals surface area (Å²) in [6, 6.07) is 8.63. The fraction of sp³-hybridized carbons (Fsp3) is 0.588. The number of carbonyl (C=O) groups is 1. The molecule has 0 aliphatic rings. The van der Waals surface area contributed by atoms with E-state index in [0.717, 1.165) is 18.7 Å². The molecule has 1 N–H and O–H groups in total. The molecule has 0 bridgehead atoms. The Labute approximate surface area is 128 Å². The van der Waals surface area contributed by atoms with E-state index >= 15 is 0 Å². The zero-order valence-corrected chi connectivity index (χ0v) is 13.8. The molecule has 0 unspecified atom stereocenters. The van der Waals surface area contributed by atoms with Crippen molar-refractivity contribution in [2.75, 3.05) is 20.2 Å². The first-order valence-electron chi connectivity index (χ1n) is 7.60. The molecule has 0 aromatic heterocycles. The minimum atomic E-state index is -0.279. The highest BCUT2D eigenvalue weighted by molar-refractivity contribution is 5.90. The normalized spacial score (nSPS) is 11.4. The third-order valence-corrected chi connectivity index (χ3v) is 3.61. The summed E-state index contributed by atoms with van der Waals surface area (Å²) in [7, 11) is 1.41. The first-order chi connectivity index (χ1) is 9.97. The second kappa shape index (κ2) is 8.80. The fourth-order valence-corrected chi connectivity index (χ4v) is 2.53. The molecule has 1 aromatic carbocycles. The zero-order valence-electron chi connectivity index (χ0n) is 13.8. The van der Waals surface area contributed by atoms with Crippen LogP contribution >= 0.6 is 0 Å². The number of hydrogen-bond donors (Lipinski definition) is 1. The van der Waals surface area contributed by atoms with Crippen molar-refractivity contribution in [3.63, 3.8) is 0 Å². The molecule has 0 atom stereocenters. The number of nitrogens with zero attached hydrogens (tertiary/aromatic N) is 1. The standard InChI is InChI=1S/C17H28N2O2/c1-13(2)19(14(3)4)11-10-18-12-15-8-6-7-9-16(15)17(20)21-5/h6-9,13-14,18H,10-12H2,1-5H3. The number of esters is 1. The topological polar surface area (TPSA) is 41.6 Å². The van der Waals surface area contributed by atoms with Gasteiger partial charge in [0.15, 0.2) is 0 Å². The van der Waals surface area contributed by atoms with Crippen LogP contribution in [0.25, 0.3) is 0 Å². The third-order valence-electron chi connectivity index (χ3n) is 3.61. The number of methoxy groups -OCH3 is 1. The molecule has 4 heteroatoms. The number of carbonyl (C=O) groups excluding carboxylic acids is 1. The summed E-state index contributed by atoms with van der Waals surface area (Å²) in [6.07, 6.45) is 0. The maximum atomic E-state index is 11.7. The fourth-order valence-electron chi connectivity index (χ4n) is 2.53. The molecular formula is C17H28N2O2. The summed E-state index contributed by atoms with van der Waals surface area (Å²) >= 11 is 0. The lowest BCUT2D eigenvalue weighted by Crippen LogP contribution is -2.41. The third kappa shape index (κ3) is 5.48. The van der Waals surface area contributed by atoms with Crippen LogP contribution in [0.3, 0.4) is 0 Å². The minimum Gasteiger partial charge on any atom is -0.465 e. The molecule has 0 heterocycles. The van der Waals surface area contributed by atoms with E-state index in [4.69, 9.17) is 4.74 Å². The Morgan fingerprint density at radius 2 is 1.81 bits per heavy atom. The lowest BCUT2D eigenvalue weighted by Gasteiger charge is -2.30. The van der Waals surface area contributed by atoms with Gasteiger partial charge in [-0.25, -0.2) is 4.79 Å². The summed E-state index contributed by atoms with van der Waals surface area (Å²) in [5.41, 5.74) is 1.61. The first-order valence-corrected chi connectivity index (χ1v) is 7.60. The maximum Gasteiger partial charge on any atom is 0.338 e. The van der Waals surface area contributed by atoms with Gasteiger partial charge in [0, 0.05) is 31.7 Å². The Balaban J connectivity index is 2.51. The number of ether oxygens (including phenoxy) is 1. The van der Waals surface area contributed by atoms with Crippen molar-refractivity contribution in [2.24, 2.45) is 0 Å². The van der Waals surface area contributed by atoms with E-state index in [9.17, 15) is 4.79 Å². The van der Waals surface area contributed by atoms with Gasteiger partial charge in [0.25, 0.3) is 0 Å². The summed E-state index contributed by atoms with van der Waals surface area (Å²) in [4.78, 5) is 14.1. The number of hydrogen-bond acceptors (Lipinski definition) is 4. The van der Waals surface area contributed by atoms with Crippen molar-refractivity contribution in [3.8, 4) is 0 Å². The monoisotopic (exact) mass is 292 g/mol. The Morgan fingerprint density at radius 1 is 1.19 bits per heavy atom. The molecule has 4 nitrogen and oxygen atoms in total. The van der Waals surface area contributed by atoms with Crippen molar-refractivity contribution in [3.05, 3.63) is 35.4 Å². The van der Waals surface area contributed by atoms with E-state index in [1.54, 1.807) is 6.07 Å². The molecular weight excluding hydrogens is 264 g/mol. The molecule has 0 spiro atoms. The zero-order chi connectivity index (χ0) is 15.8. The summed E-state index contributed by atoms with van der Waals surface area (Å²) in [6.45, 7) is 11.4. The molecule has 0 saturated heterocycles. The summed E-state index contributed by atoms with van der Waals surface area (Å²) in [5.74, 6) is -0.279. The second-order valence-corrected chi connectivity index (χ2v) is 5.75. The highest BCUT2D eigenvalue weighted by atomic mass is 16.5. The molecule has 118 valence electrons. The van der Waals surface area contributed by atoms with Crippen LogP contribution in [-0.2, 0) is 11.3 Å². The van der Waals surface area contributed by atoms with Crippen LogP contribution in [0.1, 0.15) is 43.6 Å². The average Bonchev–Trinajstić information content (AvgIpc) is 2.45. The smallest absolute Gasteiger partial charge is 0.338 e. The van der Waals surface area contributed by atoms with Crippen LogP contribution in [0.15, 0.2) is 24.3 Å². The van der Waals surface area contributed by atoms with Crippen LogP contribution < -0.4 is 5.32 Å². The Bertz CT molecular complexity index is 436. The van der Waals surface area contributed by atoms with Crippen LogP contribution in [0.4, 0.5) is 0 Å². The van der Waals surface area contributed by atoms with Gasteiger partial charge >= 0.3 is 5.97 Å². The minimum absolute atomic E-state index is 0.279. The van der Waals surface area contributed by atoms with Gasteiger partial charge in [-0.3, -0.25) is 4.90 Å². The Kier molecular flexibility index (Phi) is 7.40. The second-order valence-electron chi connectivity index (χ2n) is 5.75. The molecule has 0 amide bonds. The maximum absolute atomic E-state index is 11.7. The summed E-state index contributed by atoms with van der Waals surface area (Å²) in [5, 5.41) is 3.41. The van der Waals surface area contributed by atoms with Crippen molar-refractivity contribution in [1.82, 2.24) is 10.2 Å². The van der Waals surface area contributed by atoms with E-state index in [2.05, 4.69) is 37.9 Å². The van der Waals surface area contributed by atoms with Crippen molar-refractivity contribution < 1.29 is 9.53 Å². The summed E-state index contributed by atoms with van der Waals surface area (Å²) < 4.78 is 4.81. The van der Waals surface area contributed by atoms with Crippen LogP contribution in [-0.4, -0.2) is 43.2 Å². The lowest BCUT2D eigenvalue weighted by atomic mass is 10.1. The quantitative estimate of drug-likeness (QED) is 0.591. The van der Waals surface area contributed by atoms with Crippen molar-refractivity contribution in [1.29, 1.82) is 0 Å². The van der Waals surface area contributed by atoms with Crippen LogP contribution in [0, 0.1) is 0 Å². The molecule has 0 radical (unpaired) electrons. The highest BCUT2D eigenvalue weighted by Crippen LogP contribution is 2.10. The van der Waals surface area contributed by atoms with Crippen LogP contribution in [0.5, 0.6) is 0 Å². The van der Waals surface area contributed by atoms with E-state index in [0.29, 0.717) is 24.2 Å². The van der Waals surface area contributed by atoms with Gasteiger partial charge in [-0.2, -0.15) is 0 Å². The molecule has 1 rings (SSSR count). The largest absolute Gasteiger partial charge is 0.465 e. The van der Waals surface area contributed by atoms with Crippen molar-refractivity contribution in [2.45, 2.75) is 46.3 Å². The molecule has 1 aromatic rings. The van der Waals surface area contributed by atoms with Gasteiger partial charge < -0.3 is 10.1 Å². The van der Waals surface area contributed by atoms with E-state index in [1.165, 1.54) is 7.11 Å². The predicted octanol–water partition coefficient (Wildman–Crippen LogP) is 2.68. The number of rotatable bonds is 8. The Hall–Kier alpha value is -1.39. The molecule has 0 aliphatic carbocycles. The van der Waals surface area contributed by atoms with Gasteiger partial charge in [0.1, 0.15) is 0 Å². The highest BCUT2D eigenvalue weighted by Gasteiger charge is 2.13. The molecule has 0 saturated carbocycles. The lowest BCUT2D eigenvalue weighted by molar-refractivity contribution is 0.0599. The van der Waals surface area contributed by atoms with Crippen molar-refractivity contribution >= 4 is 5.97 Å². The molecule has 0 aliphatic heterocycles. The van der Waals surface area contributed by atoms with E-state index < -0.39 is 0 Å².